The zero-order valence-electron chi connectivity index (χ0n) is 12.0. The number of hydrogen-bond acceptors (Lipinski definition) is 4. The highest BCUT2D eigenvalue weighted by Crippen LogP contribution is 2.39. The van der Waals surface area contributed by atoms with E-state index in [2.05, 4.69) is 12.4 Å². The molecule has 2 aliphatic heterocycles. The zero-order valence-corrected chi connectivity index (χ0v) is 12.8. The highest BCUT2D eigenvalue weighted by Gasteiger charge is 2.42. The van der Waals surface area contributed by atoms with Gasteiger partial charge in [0.25, 0.3) is 0 Å². The first kappa shape index (κ1) is 14.2. The molecule has 3 aliphatic rings. The molecule has 0 radical (unpaired) electrons. The maximum absolute atomic E-state index is 6.47. The number of hydrogen-bond donors (Lipinski definition) is 1. The summed E-state index contributed by atoms with van der Waals surface area (Å²) in [5.41, 5.74) is 0.150. The van der Waals surface area contributed by atoms with Crippen molar-refractivity contribution in [2.24, 2.45) is 0 Å². The van der Waals surface area contributed by atoms with Gasteiger partial charge in [-0.25, -0.2) is 0 Å². The molecule has 4 atom stereocenters. The maximum atomic E-state index is 6.47. The Bertz CT molecular complexity index is 294. The van der Waals surface area contributed by atoms with Crippen molar-refractivity contribution in [3.05, 3.63) is 0 Å². The third kappa shape index (κ3) is 3.29. The van der Waals surface area contributed by atoms with Crippen LogP contribution in [0.5, 0.6) is 0 Å². The van der Waals surface area contributed by atoms with E-state index in [9.17, 15) is 0 Å². The Hall–Kier alpha value is 0.230. The van der Waals surface area contributed by atoms with Crippen LogP contribution in [-0.4, -0.2) is 49.0 Å². The summed E-state index contributed by atoms with van der Waals surface area (Å²) in [6.45, 7) is 0.891. The van der Waals surface area contributed by atoms with Crippen LogP contribution in [0.1, 0.15) is 44.9 Å². The SMILES string of the molecule is CNC1CCCCC1OC1CCOC2(CCSC2)C1. The summed E-state index contributed by atoms with van der Waals surface area (Å²) in [5.74, 6) is 2.43. The molecule has 0 bridgehead atoms. The van der Waals surface area contributed by atoms with E-state index < -0.39 is 0 Å². The fraction of sp³-hybridized carbons (Fsp3) is 1.00. The van der Waals surface area contributed by atoms with Gasteiger partial charge in [-0.3, -0.25) is 0 Å². The molecule has 2 heterocycles. The van der Waals surface area contributed by atoms with Crippen LogP contribution in [0.3, 0.4) is 0 Å². The smallest absolute Gasteiger partial charge is 0.0805 e. The molecule has 3 nitrogen and oxygen atoms in total. The van der Waals surface area contributed by atoms with Crippen molar-refractivity contribution in [3.63, 3.8) is 0 Å². The lowest BCUT2D eigenvalue weighted by Crippen LogP contribution is -2.48. The van der Waals surface area contributed by atoms with Crippen LogP contribution < -0.4 is 5.32 Å². The molecular weight excluding hydrogens is 258 g/mol. The second-order valence-electron chi connectivity index (χ2n) is 6.30. The first-order valence-electron chi connectivity index (χ1n) is 7.86. The summed E-state index contributed by atoms with van der Waals surface area (Å²) in [7, 11) is 2.07. The quantitative estimate of drug-likeness (QED) is 0.863. The first-order valence-corrected chi connectivity index (χ1v) is 9.01. The van der Waals surface area contributed by atoms with Crippen molar-refractivity contribution in [2.75, 3.05) is 25.2 Å². The fourth-order valence-electron chi connectivity index (χ4n) is 3.80. The number of ether oxygens (including phenoxy) is 2. The minimum absolute atomic E-state index is 0.150. The Morgan fingerprint density at radius 1 is 1.26 bits per heavy atom. The molecule has 3 rings (SSSR count). The van der Waals surface area contributed by atoms with Gasteiger partial charge in [0.15, 0.2) is 0 Å². The average Bonchev–Trinajstić information content (AvgIpc) is 2.87. The summed E-state index contributed by atoms with van der Waals surface area (Å²) in [6, 6.07) is 0.561. The van der Waals surface area contributed by atoms with E-state index in [1.807, 2.05) is 11.8 Å². The standard InChI is InChI=1S/C15H27NO2S/c1-16-13-4-2-3-5-14(13)18-12-6-8-17-15(10-12)7-9-19-11-15/h12-14,16H,2-11H2,1H3. The Morgan fingerprint density at radius 2 is 2.16 bits per heavy atom. The Morgan fingerprint density at radius 3 is 2.95 bits per heavy atom. The molecule has 3 fully saturated rings. The molecular formula is C15H27NO2S. The monoisotopic (exact) mass is 285 g/mol. The first-order chi connectivity index (χ1) is 9.31. The van der Waals surface area contributed by atoms with Crippen LogP contribution in [0.15, 0.2) is 0 Å². The Labute approximate surface area is 121 Å². The normalized spacial score (nSPS) is 43.7. The van der Waals surface area contributed by atoms with E-state index in [0.29, 0.717) is 18.2 Å². The highest BCUT2D eigenvalue weighted by molar-refractivity contribution is 7.99. The summed E-state index contributed by atoms with van der Waals surface area (Å²) in [4.78, 5) is 0. The molecule has 4 unspecified atom stereocenters. The third-order valence-electron chi connectivity index (χ3n) is 4.96. The molecule has 1 spiro atoms. The summed E-state index contributed by atoms with van der Waals surface area (Å²) < 4.78 is 12.6. The lowest BCUT2D eigenvalue weighted by atomic mass is 9.89. The summed E-state index contributed by atoms with van der Waals surface area (Å²) in [5, 5.41) is 3.44. The van der Waals surface area contributed by atoms with Gasteiger partial charge >= 0.3 is 0 Å². The van der Waals surface area contributed by atoms with Gasteiger partial charge in [0.1, 0.15) is 0 Å². The van der Waals surface area contributed by atoms with Crippen molar-refractivity contribution in [2.45, 2.75) is 68.8 Å². The van der Waals surface area contributed by atoms with Gasteiger partial charge in [-0.2, -0.15) is 11.8 Å². The van der Waals surface area contributed by atoms with Gasteiger partial charge in [0.05, 0.1) is 17.8 Å². The van der Waals surface area contributed by atoms with E-state index in [1.54, 1.807) is 0 Å². The Kier molecular flexibility index (Phi) is 4.73. The second-order valence-corrected chi connectivity index (χ2v) is 7.41. The van der Waals surface area contributed by atoms with E-state index >= 15 is 0 Å². The van der Waals surface area contributed by atoms with Crippen molar-refractivity contribution in [1.29, 1.82) is 0 Å². The van der Waals surface area contributed by atoms with Gasteiger partial charge in [-0.05, 0) is 38.5 Å². The van der Waals surface area contributed by atoms with E-state index in [0.717, 1.165) is 19.4 Å². The van der Waals surface area contributed by atoms with Gasteiger partial charge in [0, 0.05) is 24.8 Å². The van der Waals surface area contributed by atoms with Crippen LogP contribution in [0.25, 0.3) is 0 Å². The van der Waals surface area contributed by atoms with E-state index in [-0.39, 0.29) is 5.60 Å². The summed E-state index contributed by atoms with van der Waals surface area (Å²) >= 11 is 2.04. The third-order valence-corrected chi connectivity index (χ3v) is 6.18. The molecule has 0 aromatic rings. The number of likely N-dealkylation sites (N-methyl/N-ethyl adjacent to an activating group) is 1. The van der Waals surface area contributed by atoms with Gasteiger partial charge < -0.3 is 14.8 Å². The largest absolute Gasteiger partial charge is 0.374 e. The fourth-order valence-corrected chi connectivity index (χ4v) is 5.18. The van der Waals surface area contributed by atoms with Crippen LogP contribution in [-0.2, 0) is 9.47 Å². The zero-order chi connectivity index (χ0) is 13.1. The molecule has 1 saturated carbocycles. The number of nitrogens with one attached hydrogen (secondary N) is 1. The van der Waals surface area contributed by atoms with Crippen LogP contribution in [0.2, 0.25) is 0 Å². The molecule has 1 aliphatic carbocycles. The van der Waals surface area contributed by atoms with Crippen molar-refractivity contribution < 1.29 is 9.47 Å². The summed E-state index contributed by atoms with van der Waals surface area (Å²) in [6.07, 6.45) is 9.44. The lowest BCUT2D eigenvalue weighted by Gasteiger charge is -2.41. The van der Waals surface area contributed by atoms with Gasteiger partial charge in [-0.1, -0.05) is 12.8 Å². The number of thioether (sulfide) groups is 1. The molecule has 1 N–H and O–H groups in total. The molecule has 4 heteroatoms. The van der Waals surface area contributed by atoms with Crippen molar-refractivity contribution in [1.82, 2.24) is 5.32 Å². The molecule has 0 aromatic carbocycles. The predicted octanol–water partition coefficient (Wildman–Crippen LogP) is 2.59. The minimum atomic E-state index is 0.150. The van der Waals surface area contributed by atoms with Crippen molar-refractivity contribution >= 4 is 11.8 Å². The maximum Gasteiger partial charge on any atom is 0.0805 e. The molecule has 2 saturated heterocycles. The molecule has 110 valence electrons. The highest BCUT2D eigenvalue weighted by atomic mass is 32.2. The van der Waals surface area contributed by atoms with Gasteiger partial charge in [-0.15, -0.1) is 0 Å². The molecule has 0 amide bonds. The molecule has 0 aromatic heterocycles. The number of rotatable bonds is 3. The predicted molar refractivity (Wildman–Crippen MR) is 79.8 cm³/mol. The van der Waals surface area contributed by atoms with Crippen molar-refractivity contribution in [3.8, 4) is 0 Å². The average molecular weight is 285 g/mol. The second kappa shape index (κ2) is 6.33. The van der Waals surface area contributed by atoms with Crippen LogP contribution >= 0.6 is 11.8 Å². The van der Waals surface area contributed by atoms with Gasteiger partial charge in [0.2, 0.25) is 0 Å². The van der Waals surface area contributed by atoms with Crippen LogP contribution in [0.4, 0.5) is 0 Å². The minimum Gasteiger partial charge on any atom is -0.374 e. The lowest BCUT2D eigenvalue weighted by molar-refractivity contribution is -0.145. The van der Waals surface area contributed by atoms with E-state index in [1.165, 1.54) is 43.6 Å². The Balaban J connectivity index is 1.56. The molecule has 19 heavy (non-hydrogen) atoms. The van der Waals surface area contributed by atoms with Crippen LogP contribution in [0, 0.1) is 0 Å². The topological polar surface area (TPSA) is 30.5 Å². The van der Waals surface area contributed by atoms with E-state index in [4.69, 9.17) is 9.47 Å².